The molecule has 372 valence electrons. The summed E-state index contributed by atoms with van der Waals surface area (Å²) in [6, 6.07) is 66.0. The van der Waals surface area contributed by atoms with E-state index in [0.717, 1.165) is 88.0 Å². The summed E-state index contributed by atoms with van der Waals surface area (Å²) in [6.45, 7) is 26.0. The Bertz CT molecular complexity index is 3190. The van der Waals surface area contributed by atoms with Crippen LogP contribution >= 0.6 is 23.2 Å². The molecule has 0 N–H and O–H groups in total. The zero-order valence-corrected chi connectivity index (χ0v) is 46.3. The molecule has 0 atom stereocenters. The Kier molecular flexibility index (Phi) is 13.0. The number of para-hydroxylation sites is 2. The maximum absolute atomic E-state index is 8.30. The van der Waals surface area contributed by atoms with Gasteiger partial charge < -0.3 is 14.7 Å². The minimum atomic E-state index is -0.0998. The van der Waals surface area contributed by atoms with E-state index in [1.807, 2.05) is 6.07 Å². The van der Waals surface area contributed by atoms with Gasteiger partial charge in [-0.3, -0.25) is 0 Å². The molecule has 3 nitrogen and oxygen atoms in total. The first-order valence-electron chi connectivity index (χ1n) is 26.2. The SMILES string of the molecule is CC(C)(C)c1ccc(N(c2cccc(N(c3ccccc3)c3ccccc3)c2)c2cc(Cl)cc(N(c3ccc4c(c3)C(C)(C)CCC4(C)C)c3ccc4c(c3)C(C)(C)CCC4(C)C)c2Cl)c(-c2ccccc2)c1. The van der Waals surface area contributed by atoms with Crippen LogP contribution in [-0.4, -0.2) is 0 Å². The van der Waals surface area contributed by atoms with Gasteiger partial charge in [-0.1, -0.05) is 190 Å². The number of benzene rings is 8. The third-order valence-electron chi connectivity index (χ3n) is 16.2. The number of rotatable bonds is 10. The van der Waals surface area contributed by atoms with Crippen molar-refractivity contribution in [2.45, 2.75) is 129 Å². The Morgan fingerprint density at radius 3 is 1.25 bits per heavy atom. The van der Waals surface area contributed by atoms with Crippen LogP contribution in [0, 0.1) is 0 Å². The molecule has 5 heteroatoms. The summed E-state index contributed by atoms with van der Waals surface area (Å²) in [5.74, 6) is 0. The summed E-state index contributed by atoms with van der Waals surface area (Å²) >= 11 is 15.9. The summed E-state index contributed by atoms with van der Waals surface area (Å²) in [5, 5.41) is 1.17. The topological polar surface area (TPSA) is 9.72 Å². The lowest BCUT2D eigenvalue weighted by Crippen LogP contribution is -2.34. The van der Waals surface area contributed by atoms with Gasteiger partial charge in [0.1, 0.15) is 0 Å². The first-order chi connectivity index (χ1) is 34.6. The molecule has 0 fully saturated rings. The smallest absolute Gasteiger partial charge is 0.0888 e. The standard InChI is InChI=1S/C68H71Cl2N3/c1-64(2,3)47-30-35-60(55(40-47)46-22-15-12-16-23-46)73(52-29-21-28-51(43-52)71(49-24-17-13-18-25-49)50-26-19-14-20-27-50)62-42-48(69)41-61(63(62)70)72(53-31-33-56-58(44-53)67(8,9)38-36-65(56,4)5)54-32-34-57-59(45-54)68(10,11)39-37-66(57,6)7/h12-35,40-45H,36-39H2,1-11H3. The van der Waals surface area contributed by atoms with E-state index in [4.69, 9.17) is 23.2 Å². The minimum absolute atomic E-state index is 0.0139. The molecule has 0 aliphatic heterocycles. The normalized spacial score (nSPS) is 16.2. The van der Waals surface area contributed by atoms with Crippen molar-refractivity contribution in [1.29, 1.82) is 0 Å². The van der Waals surface area contributed by atoms with E-state index >= 15 is 0 Å². The summed E-state index contributed by atoms with van der Waals surface area (Å²) < 4.78 is 0. The van der Waals surface area contributed by atoms with Crippen molar-refractivity contribution in [3.05, 3.63) is 220 Å². The molecule has 10 rings (SSSR count). The van der Waals surface area contributed by atoms with Crippen LogP contribution in [0.3, 0.4) is 0 Å². The number of nitrogens with zero attached hydrogens (tertiary/aromatic N) is 3. The lowest BCUT2D eigenvalue weighted by molar-refractivity contribution is 0.332. The highest BCUT2D eigenvalue weighted by Gasteiger charge is 2.40. The zero-order valence-electron chi connectivity index (χ0n) is 44.7. The molecule has 73 heavy (non-hydrogen) atoms. The fraction of sp³-hybridized carbons (Fsp3) is 0.294. The van der Waals surface area contributed by atoms with Crippen molar-refractivity contribution in [2.24, 2.45) is 0 Å². The molecular weight excluding hydrogens is 930 g/mol. The van der Waals surface area contributed by atoms with Crippen molar-refractivity contribution in [3.8, 4) is 11.1 Å². The van der Waals surface area contributed by atoms with Gasteiger partial charge in [0.05, 0.1) is 22.1 Å². The van der Waals surface area contributed by atoms with E-state index in [9.17, 15) is 0 Å². The van der Waals surface area contributed by atoms with E-state index in [-0.39, 0.29) is 27.1 Å². The Hall–Kier alpha value is -6.26. The number of hydrogen-bond donors (Lipinski definition) is 0. The number of anilines is 9. The monoisotopic (exact) mass is 1000 g/mol. The van der Waals surface area contributed by atoms with Crippen LogP contribution in [0.15, 0.2) is 182 Å². The van der Waals surface area contributed by atoms with Crippen LogP contribution in [0.25, 0.3) is 11.1 Å². The van der Waals surface area contributed by atoms with Gasteiger partial charge in [0, 0.05) is 44.7 Å². The highest BCUT2D eigenvalue weighted by atomic mass is 35.5. The van der Waals surface area contributed by atoms with Crippen molar-refractivity contribution >= 4 is 74.4 Å². The van der Waals surface area contributed by atoms with E-state index < -0.39 is 0 Å². The van der Waals surface area contributed by atoms with Gasteiger partial charge >= 0.3 is 0 Å². The molecule has 8 aromatic carbocycles. The van der Waals surface area contributed by atoms with Gasteiger partial charge in [-0.05, 0) is 177 Å². The number of fused-ring (bicyclic) bond motifs is 2. The summed E-state index contributed by atoms with van der Waals surface area (Å²) in [6.07, 6.45) is 4.50. The predicted octanol–water partition coefficient (Wildman–Crippen LogP) is 21.1. The molecular formula is C68H71Cl2N3. The maximum Gasteiger partial charge on any atom is 0.0888 e. The van der Waals surface area contributed by atoms with Crippen LogP contribution < -0.4 is 14.7 Å². The third kappa shape index (κ3) is 9.61. The van der Waals surface area contributed by atoms with E-state index in [1.165, 1.54) is 27.8 Å². The van der Waals surface area contributed by atoms with Crippen molar-refractivity contribution < 1.29 is 0 Å². The first kappa shape index (κ1) is 50.3. The van der Waals surface area contributed by atoms with E-state index in [0.29, 0.717) is 10.0 Å². The molecule has 0 spiro atoms. The van der Waals surface area contributed by atoms with Crippen LogP contribution in [0.4, 0.5) is 51.2 Å². The predicted molar refractivity (Wildman–Crippen MR) is 315 cm³/mol. The second-order valence-electron chi connectivity index (χ2n) is 24.3. The van der Waals surface area contributed by atoms with Gasteiger partial charge in [-0.25, -0.2) is 0 Å². The van der Waals surface area contributed by atoms with E-state index in [1.54, 1.807) is 0 Å². The van der Waals surface area contributed by atoms with Gasteiger partial charge in [0.25, 0.3) is 0 Å². The lowest BCUT2D eigenvalue weighted by Gasteiger charge is -2.43. The van der Waals surface area contributed by atoms with Crippen molar-refractivity contribution in [1.82, 2.24) is 0 Å². The van der Waals surface area contributed by atoms with Crippen LogP contribution in [0.1, 0.15) is 130 Å². The second kappa shape index (κ2) is 18.9. The minimum Gasteiger partial charge on any atom is -0.310 e. The van der Waals surface area contributed by atoms with Crippen LogP contribution in [0.5, 0.6) is 0 Å². The summed E-state index contributed by atoms with van der Waals surface area (Å²) in [7, 11) is 0. The second-order valence-corrected chi connectivity index (χ2v) is 25.1. The molecule has 0 saturated carbocycles. The molecule has 0 bridgehead atoms. The molecule has 2 aliphatic rings. The average Bonchev–Trinajstić information content (AvgIpc) is 3.37. The third-order valence-corrected chi connectivity index (χ3v) is 16.8. The molecule has 0 amide bonds. The van der Waals surface area contributed by atoms with Crippen LogP contribution in [-0.2, 0) is 27.1 Å². The first-order valence-corrected chi connectivity index (χ1v) is 27.0. The van der Waals surface area contributed by atoms with Crippen LogP contribution in [0.2, 0.25) is 10.0 Å². The molecule has 0 radical (unpaired) electrons. The lowest BCUT2D eigenvalue weighted by atomic mass is 9.63. The molecule has 8 aromatic rings. The number of halogens is 2. The highest BCUT2D eigenvalue weighted by Crippen LogP contribution is 2.55. The molecule has 0 saturated heterocycles. The summed E-state index contributed by atoms with van der Waals surface area (Å²) in [4.78, 5) is 7.03. The molecule has 2 aliphatic carbocycles. The van der Waals surface area contributed by atoms with Crippen molar-refractivity contribution in [3.63, 3.8) is 0 Å². The van der Waals surface area contributed by atoms with Gasteiger partial charge in [-0.15, -0.1) is 0 Å². The van der Waals surface area contributed by atoms with E-state index in [2.05, 4.69) is 267 Å². The fourth-order valence-corrected chi connectivity index (χ4v) is 12.1. The van der Waals surface area contributed by atoms with Gasteiger partial charge in [-0.2, -0.15) is 0 Å². The Morgan fingerprint density at radius 1 is 0.356 bits per heavy atom. The Balaban J connectivity index is 1.26. The van der Waals surface area contributed by atoms with Crippen molar-refractivity contribution in [2.75, 3.05) is 14.7 Å². The number of hydrogen-bond acceptors (Lipinski definition) is 3. The largest absolute Gasteiger partial charge is 0.310 e. The molecule has 0 unspecified atom stereocenters. The van der Waals surface area contributed by atoms with Gasteiger partial charge in [0.15, 0.2) is 0 Å². The maximum atomic E-state index is 8.30. The van der Waals surface area contributed by atoms with Gasteiger partial charge in [0.2, 0.25) is 0 Å². The fourth-order valence-electron chi connectivity index (χ4n) is 11.6. The average molecular weight is 1000 g/mol. The summed E-state index contributed by atoms with van der Waals surface area (Å²) in [5.41, 5.74) is 17.8. The highest BCUT2D eigenvalue weighted by molar-refractivity contribution is 6.38. The Morgan fingerprint density at radius 2 is 0.767 bits per heavy atom. The molecule has 0 heterocycles. The quantitative estimate of drug-likeness (QED) is 0.135. The zero-order chi connectivity index (χ0) is 51.7. The Labute approximate surface area is 446 Å². The molecule has 0 aromatic heterocycles.